The summed E-state index contributed by atoms with van der Waals surface area (Å²) in [4.78, 5) is 51.1. The number of hydrogen-bond acceptors (Lipinski definition) is 5. The average molecular weight is 269 g/mol. The average Bonchev–Trinajstić information content (AvgIpc) is 2.34. The SMILES string of the molecule is COC(=O)CN(C(=O)c1c[nH]c(=O)[nH]c1=O)C(C)C. The normalized spacial score (nSPS) is 10.3. The fourth-order valence-electron chi connectivity index (χ4n) is 1.42. The monoisotopic (exact) mass is 269 g/mol. The molecule has 1 heterocycles. The van der Waals surface area contributed by atoms with Gasteiger partial charge in [0.2, 0.25) is 0 Å². The van der Waals surface area contributed by atoms with Gasteiger partial charge >= 0.3 is 11.7 Å². The fourth-order valence-corrected chi connectivity index (χ4v) is 1.42. The number of aromatic nitrogens is 2. The van der Waals surface area contributed by atoms with Crippen molar-refractivity contribution in [1.82, 2.24) is 14.9 Å². The fraction of sp³-hybridized carbons (Fsp3) is 0.455. The molecule has 0 atom stereocenters. The second-order valence-electron chi connectivity index (χ2n) is 4.09. The van der Waals surface area contributed by atoms with E-state index in [1.165, 1.54) is 12.0 Å². The van der Waals surface area contributed by atoms with Crippen molar-refractivity contribution in [3.8, 4) is 0 Å². The van der Waals surface area contributed by atoms with Crippen LogP contribution < -0.4 is 11.2 Å². The van der Waals surface area contributed by atoms with E-state index in [9.17, 15) is 19.2 Å². The first-order chi connectivity index (χ1) is 8.86. The van der Waals surface area contributed by atoms with Gasteiger partial charge in [-0.2, -0.15) is 0 Å². The molecule has 0 saturated carbocycles. The van der Waals surface area contributed by atoms with Crippen molar-refractivity contribution in [3.63, 3.8) is 0 Å². The number of H-pyrrole nitrogens is 2. The third-order valence-electron chi connectivity index (χ3n) is 2.46. The molecule has 0 aliphatic heterocycles. The Morgan fingerprint density at radius 3 is 2.47 bits per heavy atom. The molecule has 2 N–H and O–H groups in total. The Hall–Kier alpha value is -2.38. The van der Waals surface area contributed by atoms with Gasteiger partial charge in [0.15, 0.2) is 0 Å². The zero-order valence-corrected chi connectivity index (χ0v) is 10.9. The smallest absolute Gasteiger partial charge is 0.325 e. The molecular weight excluding hydrogens is 254 g/mol. The molecule has 0 aliphatic rings. The number of carbonyl (C=O) groups is 2. The predicted octanol–water partition coefficient (Wildman–Crippen LogP) is -0.913. The number of rotatable bonds is 4. The molecule has 104 valence electrons. The summed E-state index contributed by atoms with van der Waals surface area (Å²) in [6.45, 7) is 3.12. The van der Waals surface area contributed by atoms with E-state index in [0.717, 1.165) is 6.20 Å². The van der Waals surface area contributed by atoms with Gasteiger partial charge in [-0.05, 0) is 13.8 Å². The molecule has 0 aromatic carbocycles. The van der Waals surface area contributed by atoms with Crippen LogP contribution in [0.1, 0.15) is 24.2 Å². The number of carbonyl (C=O) groups excluding carboxylic acids is 2. The maximum absolute atomic E-state index is 12.1. The Kier molecular flexibility index (Phi) is 4.62. The molecule has 0 saturated heterocycles. The Morgan fingerprint density at radius 2 is 2.00 bits per heavy atom. The largest absolute Gasteiger partial charge is 0.468 e. The van der Waals surface area contributed by atoms with Gasteiger partial charge in [0, 0.05) is 12.2 Å². The number of nitrogens with one attached hydrogen (secondary N) is 2. The van der Waals surface area contributed by atoms with E-state index in [4.69, 9.17) is 0 Å². The summed E-state index contributed by atoms with van der Waals surface area (Å²) in [5.41, 5.74) is -1.74. The highest BCUT2D eigenvalue weighted by Gasteiger charge is 2.24. The lowest BCUT2D eigenvalue weighted by molar-refractivity contribution is -0.141. The summed E-state index contributed by atoms with van der Waals surface area (Å²) in [7, 11) is 1.21. The van der Waals surface area contributed by atoms with Gasteiger partial charge in [-0.15, -0.1) is 0 Å². The highest BCUT2D eigenvalue weighted by Crippen LogP contribution is 2.04. The Morgan fingerprint density at radius 1 is 1.37 bits per heavy atom. The Balaban J connectivity index is 3.09. The molecule has 0 radical (unpaired) electrons. The predicted molar refractivity (Wildman–Crippen MR) is 65.9 cm³/mol. The van der Waals surface area contributed by atoms with Crippen LogP contribution in [0.3, 0.4) is 0 Å². The highest BCUT2D eigenvalue weighted by atomic mass is 16.5. The van der Waals surface area contributed by atoms with E-state index in [-0.39, 0.29) is 18.2 Å². The molecule has 0 bridgehead atoms. The molecule has 1 rings (SSSR count). The molecular formula is C11H15N3O5. The molecule has 1 aromatic rings. The van der Waals surface area contributed by atoms with Crippen LogP contribution in [-0.2, 0) is 9.53 Å². The van der Waals surface area contributed by atoms with Crippen LogP contribution in [0.5, 0.6) is 0 Å². The number of ether oxygens (including phenoxy) is 1. The molecule has 1 aromatic heterocycles. The number of nitrogens with zero attached hydrogens (tertiary/aromatic N) is 1. The number of amides is 1. The Bertz CT molecular complexity index is 586. The van der Waals surface area contributed by atoms with Gasteiger partial charge in [-0.1, -0.05) is 0 Å². The van der Waals surface area contributed by atoms with Crippen LogP contribution >= 0.6 is 0 Å². The van der Waals surface area contributed by atoms with Crippen LogP contribution in [0.15, 0.2) is 15.8 Å². The van der Waals surface area contributed by atoms with Crippen molar-refractivity contribution < 1.29 is 14.3 Å². The molecule has 8 nitrogen and oxygen atoms in total. The van der Waals surface area contributed by atoms with E-state index in [2.05, 4.69) is 9.72 Å². The van der Waals surface area contributed by atoms with Crippen LogP contribution in [-0.4, -0.2) is 46.4 Å². The zero-order valence-electron chi connectivity index (χ0n) is 10.9. The van der Waals surface area contributed by atoms with Crippen LogP contribution in [0, 0.1) is 0 Å². The van der Waals surface area contributed by atoms with Crippen LogP contribution in [0.4, 0.5) is 0 Å². The van der Waals surface area contributed by atoms with Crippen molar-refractivity contribution in [3.05, 3.63) is 32.6 Å². The minimum atomic E-state index is -0.802. The van der Waals surface area contributed by atoms with E-state index in [0.29, 0.717) is 0 Å². The first-order valence-corrected chi connectivity index (χ1v) is 5.56. The number of hydrogen-bond donors (Lipinski definition) is 2. The number of esters is 1. The quantitative estimate of drug-likeness (QED) is 0.687. The van der Waals surface area contributed by atoms with Gasteiger partial charge in [0.05, 0.1) is 7.11 Å². The third kappa shape index (κ3) is 3.54. The lowest BCUT2D eigenvalue weighted by Gasteiger charge is -2.24. The molecule has 0 unspecified atom stereocenters. The van der Waals surface area contributed by atoms with Crippen LogP contribution in [0.25, 0.3) is 0 Å². The van der Waals surface area contributed by atoms with Crippen LogP contribution in [0.2, 0.25) is 0 Å². The molecule has 8 heteroatoms. The molecule has 0 aliphatic carbocycles. The molecule has 1 amide bonds. The summed E-state index contributed by atoms with van der Waals surface area (Å²) >= 11 is 0. The van der Waals surface area contributed by atoms with E-state index in [1.54, 1.807) is 13.8 Å². The van der Waals surface area contributed by atoms with E-state index < -0.39 is 23.1 Å². The highest BCUT2D eigenvalue weighted by molar-refractivity contribution is 5.95. The second-order valence-corrected chi connectivity index (χ2v) is 4.09. The minimum absolute atomic E-state index is 0.239. The van der Waals surface area contributed by atoms with Gasteiger partial charge in [0.1, 0.15) is 12.1 Å². The lowest BCUT2D eigenvalue weighted by atomic mass is 10.2. The summed E-state index contributed by atoms with van der Waals surface area (Å²) in [5, 5.41) is 0. The topological polar surface area (TPSA) is 112 Å². The van der Waals surface area contributed by atoms with Gasteiger partial charge in [-0.25, -0.2) is 4.79 Å². The van der Waals surface area contributed by atoms with E-state index in [1.807, 2.05) is 4.98 Å². The maximum atomic E-state index is 12.1. The van der Waals surface area contributed by atoms with Crippen molar-refractivity contribution in [2.24, 2.45) is 0 Å². The van der Waals surface area contributed by atoms with E-state index >= 15 is 0 Å². The number of methoxy groups -OCH3 is 1. The summed E-state index contributed by atoms with van der Waals surface area (Å²) in [5.74, 6) is -1.25. The van der Waals surface area contributed by atoms with Crippen molar-refractivity contribution in [1.29, 1.82) is 0 Å². The second kappa shape index (κ2) is 5.98. The minimum Gasteiger partial charge on any atom is -0.468 e. The van der Waals surface area contributed by atoms with Crippen molar-refractivity contribution in [2.75, 3.05) is 13.7 Å². The van der Waals surface area contributed by atoms with Gasteiger partial charge < -0.3 is 14.6 Å². The number of aromatic amines is 2. The molecule has 0 fully saturated rings. The third-order valence-corrected chi connectivity index (χ3v) is 2.46. The standard InChI is InChI=1S/C11H15N3O5/c1-6(2)14(5-8(15)19-3)10(17)7-4-12-11(18)13-9(7)16/h4,6H,5H2,1-3H3,(H2,12,13,16,18). The van der Waals surface area contributed by atoms with Gasteiger partial charge in [-0.3, -0.25) is 19.4 Å². The zero-order chi connectivity index (χ0) is 14.6. The van der Waals surface area contributed by atoms with Crippen molar-refractivity contribution in [2.45, 2.75) is 19.9 Å². The summed E-state index contributed by atoms with van der Waals surface area (Å²) in [6.07, 6.45) is 1.02. The molecule has 0 spiro atoms. The summed E-state index contributed by atoms with van der Waals surface area (Å²) in [6, 6.07) is -0.307. The van der Waals surface area contributed by atoms with Crippen molar-refractivity contribution >= 4 is 11.9 Å². The Labute approximate surface area is 108 Å². The summed E-state index contributed by atoms with van der Waals surface area (Å²) < 4.78 is 4.49. The first kappa shape index (κ1) is 14.7. The van der Waals surface area contributed by atoms with Gasteiger partial charge in [0.25, 0.3) is 11.5 Å². The molecule has 19 heavy (non-hydrogen) atoms. The lowest BCUT2D eigenvalue weighted by Crippen LogP contribution is -2.43. The first-order valence-electron chi connectivity index (χ1n) is 5.56. The maximum Gasteiger partial charge on any atom is 0.325 e.